The summed E-state index contributed by atoms with van der Waals surface area (Å²) < 4.78 is 0. The molecule has 11 nitrogen and oxygen atoms in total. The molecular formula is C15H22N6O5. The average Bonchev–Trinajstić information content (AvgIpc) is 2.52. The lowest BCUT2D eigenvalue weighted by Gasteiger charge is -2.40. The molecule has 0 spiro atoms. The first-order chi connectivity index (χ1) is 12.3. The number of phenolic OH excluding ortho intramolecular Hbond substituents is 1. The molecule has 142 valence electrons. The number of hydrogen-bond donors (Lipinski definition) is 7. The van der Waals surface area contributed by atoms with Crippen LogP contribution >= 0.6 is 0 Å². The summed E-state index contributed by atoms with van der Waals surface area (Å²) in [7, 11) is 0. The van der Waals surface area contributed by atoms with Gasteiger partial charge in [-0.15, -0.1) is 0 Å². The Morgan fingerprint density at radius 2 is 1.19 bits per heavy atom. The molecule has 0 radical (unpaired) electrons. The van der Waals surface area contributed by atoms with Gasteiger partial charge in [0.1, 0.15) is 19.1 Å². The maximum absolute atomic E-state index is 10.4. The molecule has 0 saturated heterocycles. The van der Waals surface area contributed by atoms with E-state index in [0.717, 1.165) is 20.3 Å². The summed E-state index contributed by atoms with van der Waals surface area (Å²) in [6, 6.07) is 6.14. The maximum atomic E-state index is 10.4. The molecule has 0 unspecified atom stereocenters. The van der Waals surface area contributed by atoms with Crippen molar-refractivity contribution >= 4 is 0 Å². The molecule has 9 N–H and O–H groups in total. The molecule has 0 saturated carbocycles. The van der Waals surface area contributed by atoms with E-state index >= 15 is 0 Å². The topological polar surface area (TPSA) is 166 Å². The van der Waals surface area contributed by atoms with Crippen molar-refractivity contribution in [2.24, 2.45) is 11.5 Å². The summed E-state index contributed by atoms with van der Waals surface area (Å²) in [4.78, 5) is 0. The zero-order valence-electron chi connectivity index (χ0n) is 13.9. The van der Waals surface area contributed by atoms with Crippen molar-refractivity contribution in [2.45, 2.75) is 5.92 Å². The lowest BCUT2D eigenvalue weighted by atomic mass is 9.88. The number of phenols is 1. The first-order valence-electron chi connectivity index (χ1n) is 7.84. The van der Waals surface area contributed by atoms with Crippen LogP contribution < -0.4 is 11.5 Å². The molecule has 3 rings (SSSR count). The smallest absolute Gasteiger partial charge is 0.121 e. The van der Waals surface area contributed by atoms with Crippen molar-refractivity contribution < 1.29 is 25.9 Å². The number of hydroxylamine groups is 8. The van der Waals surface area contributed by atoms with Crippen LogP contribution in [0.2, 0.25) is 0 Å². The van der Waals surface area contributed by atoms with Crippen molar-refractivity contribution in [1.82, 2.24) is 20.3 Å². The molecule has 26 heavy (non-hydrogen) atoms. The van der Waals surface area contributed by atoms with E-state index in [2.05, 4.69) is 0 Å². The number of benzene rings is 1. The van der Waals surface area contributed by atoms with E-state index in [1.54, 1.807) is 12.1 Å². The third-order valence-corrected chi connectivity index (χ3v) is 4.29. The average molecular weight is 366 g/mol. The summed E-state index contributed by atoms with van der Waals surface area (Å²) >= 11 is 0. The lowest BCUT2D eigenvalue weighted by molar-refractivity contribution is -0.206. The summed E-state index contributed by atoms with van der Waals surface area (Å²) in [6.45, 7) is -0.442. The highest BCUT2D eigenvalue weighted by atomic mass is 16.6. The monoisotopic (exact) mass is 366 g/mol. The third-order valence-electron chi connectivity index (χ3n) is 4.29. The van der Waals surface area contributed by atoms with Gasteiger partial charge in [-0.25, -0.2) is 10.1 Å². The molecule has 2 aliphatic heterocycles. The van der Waals surface area contributed by atoms with Crippen LogP contribution in [0, 0.1) is 0 Å². The van der Waals surface area contributed by atoms with E-state index in [1.807, 2.05) is 0 Å². The van der Waals surface area contributed by atoms with Gasteiger partial charge in [-0.05, 0) is 17.7 Å². The van der Waals surface area contributed by atoms with E-state index in [4.69, 9.17) is 11.5 Å². The summed E-state index contributed by atoms with van der Waals surface area (Å²) in [5.74, 6) is -0.735. The highest BCUT2D eigenvalue weighted by Crippen LogP contribution is 2.39. The highest BCUT2D eigenvalue weighted by Gasteiger charge is 2.37. The number of nitrogens with zero attached hydrogens (tertiary/aromatic N) is 4. The molecule has 0 atom stereocenters. The van der Waals surface area contributed by atoms with Gasteiger partial charge in [0.15, 0.2) is 0 Å². The third kappa shape index (κ3) is 3.39. The summed E-state index contributed by atoms with van der Waals surface area (Å²) in [5, 5.41) is 52.8. The zero-order chi connectivity index (χ0) is 19.0. The number of aromatic hydroxyl groups is 1. The van der Waals surface area contributed by atoms with E-state index in [9.17, 15) is 25.9 Å². The van der Waals surface area contributed by atoms with E-state index < -0.39 is 5.92 Å². The van der Waals surface area contributed by atoms with Crippen LogP contribution in [0.15, 0.2) is 47.1 Å². The van der Waals surface area contributed by atoms with Gasteiger partial charge in [0.2, 0.25) is 0 Å². The maximum Gasteiger partial charge on any atom is 0.121 e. The van der Waals surface area contributed by atoms with E-state index in [1.165, 1.54) is 12.1 Å². The van der Waals surface area contributed by atoms with Crippen molar-refractivity contribution in [1.29, 1.82) is 0 Å². The van der Waals surface area contributed by atoms with Crippen LogP contribution in [-0.2, 0) is 0 Å². The van der Waals surface area contributed by atoms with Gasteiger partial charge < -0.3 is 27.0 Å². The van der Waals surface area contributed by atoms with Crippen LogP contribution in [0.1, 0.15) is 11.5 Å². The minimum Gasteiger partial charge on any atom is -0.508 e. The Balaban J connectivity index is 2.16. The van der Waals surface area contributed by atoms with Gasteiger partial charge in [-0.2, -0.15) is 10.1 Å². The van der Waals surface area contributed by atoms with Crippen molar-refractivity contribution in [3.8, 4) is 5.75 Å². The Hall–Kier alpha value is -2.54. The van der Waals surface area contributed by atoms with Crippen LogP contribution in [-0.4, -0.2) is 72.6 Å². The van der Waals surface area contributed by atoms with Crippen molar-refractivity contribution in [3.05, 3.63) is 52.6 Å². The van der Waals surface area contributed by atoms with E-state index in [-0.39, 0.29) is 55.0 Å². The lowest BCUT2D eigenvalue weighted by Crippen LogP contribution is -2.48. The number of hydrogen-bond acceptors (Lipinski definition) is 11. The van der Waals surface area contributed by atoms with E-state index in [0.29, 0.717) is 5.56 Å². The quantitative estimate of drug-likeness (QED) is 0.369. The SMILES string of the molecule is NC1=C(C(C2=C(N)CN(O)CN2O)c2ccc(O)cc2)N(O)CN(O)C1. The van der Waals surface area contributed by atoms with Crippen LogP contribution in [0.4, 0.5) is 0 Å². The Morgan fingerprint density at radius 1 is 0.769 bits per heavy atom. The normalized spacial score (nSPS) is 20.5. The first-order valence-corrected chi connectivity index (χ1v) is 7.84. The van der Waals surface area contributed by atoms with Crippen LogP contribution in [0.25, 0.3) is 0 Å². The summed E-state index contributed by atoms with van der Waals surface area (Å²) in [6.07, 6.45) is 0. The van der Waals surface area contributed by atoms with Crippen molar-refractivity contribution in [3.63, 3.8) is 0 Å². The Bertz CT molecular complexity index is 697. The zero-order valence-corrected chi connectivity index (χ0v) is 13.9. The molecule has 0 bridgehead atoms. The standard InChI is InChI=1S/C15H22N6O5/c16-11-5-18(23)7-20(25)14(11)13(9-1-3-10(22)4-2-9)15-12(17)6-19(24)8-21(15)26/h1-4,13,22-26H,5-8,16-17H2. The Labute approximate surface area is 149 Å². The first kappa shape index (κ1) is 18.3. The molecule has 0 fully saturated rings. The number of rotatable bonds is 3. The van der Waals surface area contributed by atoms with Gasteiger partial charge in [0.05, 0.1) is 30.4 Å². The second-order valence-electron chi connectivity index (χ2n) is 6.26. The second-order valence-corrected chi connectivity index (χ2v) is 6.26. The van der Waals surface area contributed by atoms with Crippen LogP contribution in [0.3, 0.4) is 0 Å². The second kappa shape index (κ2) is 6.99. The van der Waals surface area contributed by atoms with Gasteiger partial charge in [-0.1, -0.05) is 12.1 Å². The highest BCUT2D eigenvalue weighted by molar-refractivity contribution is 5.43. The Morgan fingerprint density at radius 3 is 1.58 bits per heavy atom. The molecular weight excluding hydrogens is 344 g/mol. The molecule has 1 aromatic carbocycles. The summed E-state index contributed by atoms with van der Waals surface area (Å²) in [5.41, 5.74) is 13.5. The van der Waals surface area contributed by atoms with Gasteiger partial charge in [0.25, 0.3) is 0 Å². The van der Waals surface area contributed by atoms with Gasteiger partial charge in [0, 0.05) is 11.4 Å². The fourth-order valence-corrected chi connectivity index (χ4v) is 3.23. The fraction of sp³-hybridized carbons (Fsp3) is 0.333. The number of nitrogens with two attached hydrogens (primary N) is 2. The van der Waals surface area contributed by atoms with Gasteiger partial charge >= 0.3 is 0 Å². The largest absolute Gasteiger partial charge is 0.508 e. The predicted octanol–water partition coefficient (Wildman–Crippen LogP) is -0.477. The molecule has 1 aromatic rings. The molecule has 0 aromatic heterocycles. The fourth-order valence-electron chi connectivity index (χ4n) is 3.23. The molecule has 0 amide bonds. The minimum atomic E-state index is -0.784. The minimum absolute atomic E-state index is 0.00822. The van der Waals surface area contributed by atoms with Gasteiger partial charge in [-0.3, -0.25) is 10.4 Å². The molecule has 11 heteroatoms. The van der Waals surface area contributed by atoms with Crippen LogP contribution in [0.5, 0.6) is 5.75 Å². The molecule has 0 aliphatic carbocycles. The molecule has 2 aliphatic rings. The molecule has 2 heterocycles. The van der Waals surface area contributed by atoms with Crippen molar-refractivity contribution in [2.75, 3.05) is 26.4 Å². The Kier molecular flexibility index (Phi) is 4.91. The predicted molar refractivity (Wildman–Crippen MR) is 87.2 cm³/mol.